The van der Waals surface area contributed by atoms with Crippen molar-refractivity contribution < 1.29 is 14.3 Å². The van der Waals surface area contributed by atoms with Crippen LogP contribution >= 0.6 is 0 Å². The van der Waals surface area contributed by atoms with E-state index in [0.717, 1.165) is 25.9 Å². The van der Waals surface area contributed by atoms with E-state index in [9.17, 15) is 9.59 Å². The monoisotopic (exact) mass is 253 g/mol. The van der Waals surface area contributed by atoms with Gasteiger partial charge in [0, 0.05) is 13.1 Å². The summed E-state index contributed by atoms with van der Waals surface area (Å²) in [6, 6.07) is 0. The first-order valence-corrected chi connectivity index (χ1v) is 6.38. The zero-order valence-electron chi connectivity index (χ0n) is 10.6. The zero-order chi connectivity index (χ0) is 13.0. The van der Waals surface area contributed by atoms with E-state index in [1.54, 1.807) is 0 Å². The molecule has 0 aromatic carbocycles. The van der Waals surface area contributed by atoms with Crippen LogP contribution in [-0.2, 0) is 14.3 Å². The third-order valence-corrected chi connectivity index (χ3v) is 3.36. The Bertz CT molecular complexity index is 362. The van der Waals surface area contributed by atoms with E-state index in [1.807, 2.05) is 0 Å². The van der Waals surface area contributed by atoms with Gasteiger partial charge in [-0.1, -0.05) is 0 Å². The predicted molar refractivity (Wildman–Crippen MR) is 66.0 cm³/mol. The number of carbonyl (C=O) groups excluding carboxylic acids is 2. The summed E-state index contributed by atoms with van der Waals surface area (Å²) >= 11 is 0. The molecule has 1 amide bonds. The molecular formula is C12H19N3O3. The molecule has 100 valence electrons. The maximum absolute atomic E-state index is 11.9. The van der Waals surface area contributed by atoms with Crippen molar-refractivity contribution in [2.45, 2.75) is 25.7 Å². The highest BCUT2D eigenvalue weighted by Gasteiger charge is 2.29. The summed E-state index contributed by atoms with van der Waals surface area (Å²) in [6.07, 6.45) is 3.61. The number of likely N-dealkylation sites (tertiary alicyclic amines) is 1. The van der Waals surface area contributed by atoms with Gasteiger partial charge in [-0.3, -0.25) is 19.9 Å². The van der Waals surface area contributed by atoms with Crippen LogP contribution < -0.4 is 5.32 Å². The van der Waals surface area contributed by atoms with Crippen LogP contribution in [0.15, 0.2) is 4.99 Å². The van der Waals surface area contributed by atoms with Crippen molar-refractivity contribution in [1.29, 1.82) is 0 Å². The molecule has 2 aliphatic rings. The molecular weight excluding hydrogens is 234 g/mol. The van der Waals surface area contributed by atoms with Gasteiger partial charge in [0.25, 0.3) is 0 Å². The molecule has 0 saturated carbocycles. The van der Waals surface area contributed by atoms with E-state index < -0.39 is 5.92 Å². The molecule has 18 heavy (non-hydrogen) atoms. The quantitative estimate of drug-likeness (QED) is 0.710. The van der Waals surface area contributed by atoms with Gasteiger partial charge in [0.05, 0.1) is 26.0 Å². The number of hydrogen-bond acceptors (Lipinski definition) is 5. The van der Waals surface area contributed by atoms with Crippen molar-refractivity contribution >= 4 is 17.8 Å². The normalized spacial score (nSPS) is 24.3. The van der Waals surface area contributed by atoms with E-state index in [0.29, 0.717) is 12.5 Å². The fourth-order valence-corrected chi connectivity index (χ4v) is 2.26. The van der Waals surface area contributed by atoms with E-state index in [-0.39, 0.29) is 18.3 Å². The van der Waals surface area contributed by atoms with E-state index in [2.05, 4.69) is 19.9 Å². The Morgan fingerprint density at radius 2 is 2.17 bits per heavy atom. The molecule has 1 fully saturated rings. The highest BCUT2D eigenvalue weighted by Crippen LogP contribution is 2.14. The molecule has 0 spiro atoms. The summed E-state index contributed by atoms with van der Waals surface area (Å²) in [5, 5.41) is 2.79. The highest BCUT2D eigenvalue weighted by molar-refractivity contribution is 6.00. The van der Waals surface area contributed by atoms with Gasteiger partial charge in [-0.05, 0) is 19.3 Å². The number of carbonyl (C=O) groups is 2. The number of amides is 1. The lowest BCUT2D eigenvalue weighted by atomic mass is 10.0. The molecule has 0 aromatic heterocycles. The van der Waals surface area contributed by atoms with Gasteiger partial charge < -0.3 is 9.64 Å². The molecule has 6 heteroatoms. The summed E-state index contributed by atoms with van der Waals surface area (Å²) < 4.78 is 4.57. The largest absolute Gasteiger partial charge is 0.469 e. The number of esters is 1. The van der Waals surface area contributed by atoms with Gasteiger partial charge in [-0.2, -0.15) is 0 Å². The first-order valence-electron chi connectivity index (χ1n) is 6.38. The van der Waals surface area contributed by atoms with E-state index >= 15 is 0 Å². The fraction of sp³-hybridized carbons (Fsp3) is 0.750. The number of methoxy groups -OCH3 is 1. The van der Waals surface area contributed by atoms with Gasteiger partial charge in [0.2, 0.25) is 11.9 Å². The first-order chi connectivity index (χ1) is 8.70. The maximum Gasteiger partial charge on any atom is 0.306 e. The lowest BCUT2D eigenvalue weighted by molar-refractivity contribution is -0.144. The van der Waals surface area contributed by atoms with E-state index in [1.165, 1.54) is 13.5 Å². The average molecular weight is 253 g/mol. The number of aliphatic imine (C=N–C) groups is 1. The molecule has 1 N–H and O–H groups in total. The molecule has 2 rings (SSSR count). The summed E-state index contributed by atoms with van der Waals surface area (Å²) in [6.45, 7) is 2.26. The Hall–Kier alpha value is -1.59. The summed E-state index contributed by atoms with van der Waals surface area (Å²) in [7, 11) is 1.32. The average Bonchev–Trinajstić information content (AvgIpc) is 2.42. The number of hydrogen-bond donors (Lipinski definition) is 1. The molecule has 6 nitrogen and oxygen atoms in total. The van der Waals surface area contributed by atoms with Gasteiger partial charge in [0.1, 0.15) is 0 Å². The molecule has 1 saturated heterocycles. The van der Waals surface area contributed by atoms with Crippen LogP contribution in [0.2, 0.25) is 0 Å². The molecule has 2 aliphatic heterocycles. The van der Waals surface area contributed by atoms with Crippen LogP contribution in [0, 0.1) is 5.92 Å². The van der Waals surface area contributed by atoms with Gasteiger partial charge >= 0.3 is 5.97 Å². The van der Waals surface area contributed by atoms with Crippen LogP contribution in [0.4, 0.5) is 0 Å². The number of nitrogens with zero attached hydrogens (tertiary/aromatic N) is 2. The van der Waals surface area contributed by atoms with Crippen molar-refractivity contribution in [2.75, 3.05) is 26.7 Å². The summed E-state index contributed by atoms with van der Waals surface area (Å²) in [5.41, 5.74) is 0. The van der Waals surface area contributed by atoms with Gasteiger partial charge in [-0.25, -0.2) is 0 Å². The van der Waals surface area contributed by atoms with E-state index in [4.69, 9.17) is 0 Å². The minimum Gasteiger partial charge on any atom is -0.469 e. The molecule has 0 bridgehead atoms. The molecule has 0 radical (unpaired) electrons. The lowest BCUT2D eigenvalue weighted by Gasteiger charge is -2.32. The molecule has 0 aromatic rings. The Morgan fingerprint density at radius 1 is 1.44 bits per heavy atom. The van der Waals surface area contributed by atoms with Crippen molar-refractivity contribution in [1.82, 2.24) is 10.2 Å². The van der Waals surface area contributed by atoms with Crippen LogP contribution in [-0.4, -0.2) is 49.5 Å². The summed E-state index contributed by atoms with van der Waals surface area (Å²) in [5.74, 6) is -0.227. The number of piperidine rings is 1. The van der Waals surface area contributed by atoms with Crippen molar-refractivity contribution in [3.63, 3.8) is 0 Å². The SMILES string of the molecule is COC(=O)CC1CN=C(N2CCCCC2)NC1=O. The molecule has 0 aliphatic carbocycles. The Balaban J connectivity index is 1.93. The second-order valence-corrected chi connectivity index (χ2v) is 4.68. The van der Waals surface area contributed by atoms with Crippen molar-refractivity contribution in [3.8, 4) is 0 Å². The van der Waals surface area contributed by atoms with Crippen LogP contribution in [0.5, 0.6) is 0 Å². The first kappa shape index (κ1) is 12.9. The summed E-state index contributed by atoms with van der Waals surface area (Å²) in [4.78, 5) is 29.5. The number of nitrogens with one attached hydrogen (secondary N) is 1. The minimum absolute atomic E-state index is 0.0963. The number of rotatable bonds is 2. The second-order valence-electron chi connectivity index (χ2n) is 4.68. The Kier molecular flexibility index (Phi) is 4.17. The number of ether oxygens (including phenoxy) is 1. The Labute approximate surface area is 106 Å². The lowest BCUT2D eigenvalue weighted by Crippen LogP contribution is -2.51. The van der Waals surface area contributed by atoms with Crippen molar-refractivity contribution in [2.24, 2.45) is 10.9 Å². The second kappa shape index (κ2) is 5.84. The molecule has 2 heterocycles. The topological polar surface area (TPSA) is 71.0 Å². The van der Waals surface area contributed by atoms with Crippen molar-refractivity contribution in [3.05, 3.63) is 0 Å². The number of guanidine groups is 1. The highest BCUT2D eigenvalue weighted by atomic mass is 16.5. The van der Waals surface area contributed by atoms with Gasteiger partial charge in [-0.15, -0.1) is 0 Å². The molecule has 1 atom stereocenters. The predicted octanol–water partition coefficient (Wildman–Crippen LogP) is 0.137. The third kappa shape index (κ3) is 3.00. The smallest absolute Gasteiger partial charge is 0.306 e. The van der Waals surface area contributed by atoms with Crippen LogP contribution in [0.3, 0.4) is 0 Å². The maximum atomic E-state index is 11.9. The standard InChI is InChI=1S/C12H19N3O3/c1-18-10(16)7-9-8-13-12(14-11(9)17)15-5-3-2-4-6-15/h9H,2-8H2,1H3,(H,13,14,17). The van der Waals surface area contributed by atoms with Gasteiger partial charge in [0.15, 0.2) is 0 Å². The Morgan fingerprint density at radius 3 is 2.78 bits per heavy atom. The zero-order valence-corrected chi connectivity index (χ0v) is 10.6. The van der Waals surface area contributed by atoms with Crippen LogP contribution in [0.1, 0.15) is 25.7 Å². The third-order valence-electron chi connectivity index (χ3n) is 3.36. The van der Waals surface area contributed by atoms with Crippen LogP contribution in [0.25, 0.3) is 0 Å². The minimum atomic E-state index is -0.397. The fourth-order valence-electron chi connectivity index (χ4n) is 2.26. The molecule has 1 unspecified atom stereocenters.